The number of likely N-dealkylation sites (tertiary alicyclic amines) is 1. The van der Waals surface area contributed by atoms with Crippen LogP contribution < -0.4 is 11.1 Å². The van der Waals surface area contributed by atoms with Crippen LogP contribution in [0.4, 0.5) is 0 Å². The zero-order chi connectivity index (χ0) is 15.5. The van der Waals surface area contributed by atoms with Crippen molar-refractivity contribution >= 4 is 5.91 Å². The topological polar surface area (TPSA) is 58.4 Å². The first kappa shape index (κ1) is 16.8. The van der Waals surface area contributed by atoms with E-state index in [4.69, 9.17) is 5.73 Å². The zero-order valence-corrected chi connectivity index (χ0v) is 14.0. The standard InChI is InChI=1S/C17H33N3O/c1-4-9-19-17(16(18)21)8-5-6-15(17)7-10-20-12-13(2)11-14(20)3/h13-15,19H,4-12H2,1-3H3,(H2,18,21). The van der Waals surface area contributed by atoms with Crippen molar-refractivity contribution in [2.45, 2.75) is 70.9 Å². The average molecular weight is 295 g/mol. The molecule has 3 N–H and O–H groups in total. The summed E-state index contributed by atoms with van der Waals surface area (Å²) < 4.78 is 0. The first-order valence-corrected chi connectivity index (χ1v) is 8.78. The summed E-state index contributed by atoms with van der Waals surface area (Å²) in [4.78, 5) is 14.7. The molecule has 0 bridgehead atoms. The molecule has 4 unspecified atom stereocenters. The van der Waals surface area contributed by atoms with Crippen LogP contribution in [0, 0.1) is 11.8 Å². The third-order valence-electron chi connectivity index (χ3n) is 5.63. The molecule has 21 heavy (non-hydrogen) atoms. The van der Waals surface area contributed by atoms with Crippen LogP contribution in [0.5, 0.6) is 0 Å². The van der Waals surface area contributed by atoms with E-state index >= 15 is 0 Å². The lowest BCUT2D eigenvalue weighted by Crippen LogP contribution is -2.58. The summed E-state index contributed by atoms with van der Waals surface area (Å²) in [6, 6.07) is 0.688. The van der Waals surface area contributed by atoms with Crippen LogP contribution in [0.1, 0.15) is 59.3 Å². The third kappa shape index (κ3) is 3.59. The Bertz CT molecular complexity index is 360. The van der Waals surface area contributed by atoms with Gasteiger partial charge in [0.2, 0.25) is 5.91 Å². The summed E-state index contributed by atoms with van der Waals surface area (Å²) in [5, 5.41) is 3.50. The molecule has 1 heterocycles. The molecular formula is C17H33N3O. The van der Waals surface area contributed by atoms with Crippen molar-refractivity contribution in [1.82, 2.24) is 10.2 Å². The van der Waals surface area contributed by atoms with E-state index in [-0.39, 0.29) is 5.91 Å². The predicted octanol–water partition coefficient (Wildman–Crippen LogP) is 2.13. The Kier molecular flexibility index (Phi) is 5.67. The highest BCUT2D eigenvalue weighted by Crippen LogP contribution is 2.38. The Morgan fingerprint density at radius 3 is 2.76 bits per heavy atom. The molecule has 0 aromatic rings. The summed E-state index contributed by atoms with van der Waals surface area (Å²) in [6.45, 7) is 10.0. The minimum atomic E-state index is -0.440. The normalized spacial score (nSPS) is 37.2. The summed E-state index contributed by atoms with van der Waals surface area (Å²) in [5.41, 5.74) is 5.34. The summed E-state index contributed by atoms with van der Waals surface area (Å²) in [6.07, 6.45) is 6.62. The molecule has 1 saturated heterocycles. The van der Waals surface area contributed by atoms with Crippen molar-refractivity contribution in [3.05, 3.63) is 0 Å². The highest BCUT2D eigenvalue weighted by atomic mass is 16.1. The van der Waals surface area contributed by atoms with E-state index in [2.05, 4.69) is 31.0 Å². The summed E-state index contributed by atoms with van der Waals surface area (Å²) in [5.74, 6) is 1.08. The maximum Gasteiger partial charge on any atom is 0.238 e. The van der Waals surface area contributed by atoms with Gasteiger partial charge in [0.15, 0.2) is 0 Å². The van der Waals surface area contributed by atoms with Crippen molar-refractivity contribution in [3.63, 3.8) is 0 Å². The van der Waals surface area contributed by atoms with Crippen LogP contribution in [0.15, 0.2) is 0 Å². The van der Waals surface area contributed by atoms with Crippen molar-refractivity contribution in [2.75, 3.05) is 19.6 Å². The van der Waals surface area contributed by atoms with Crippen molar-refractivity contribution in [3.8, 4) is 0 Å². The van der Waals surface area contributed by atoms with Gasteiger partial charge in [-0.2, -0.15) is 0 Å². The van der Waals surface area contributed by atoms with E-state index in [0.717, 1.165) is 51.1 Å². The molecule has 2 rings (SSSR count). The molecule has 0 radical (unpaired) electrons. The highest BCUT2D eigenvalue weighted by Gasteiger charge is 2.47. The fraction of sp³-hybridized carbons (Fsp3) is 0.941. The number of nitrogens with one attached hydrogen (secondary N) is 1. The fourth-order valence-corrected chi connectivity index (χ4v) is 4.48. The molecule has 1 aliphatic heterocycles. The van der Waals surface area contributed by atoms with Crippen molar-refractivity contribution in [2.24, 2.45) is 17.6 Å². The lowest BCUT2D eigenvalue weighted by atomic mass is 9.83. The number of primary amides is 1. The van der Waals surface area contributed by atoms with E-state index in [1.165, 1.54) is 13.0 Å². The SMILES string of the molecule is CCCNC1(C(N)=O)CCCC1CCN1CC(C)CC1C. The Hall–Kier alpha value is -0.610. The first-order valence-electron chi connectivity index (χ1n) is 8.78. The molecule has 122 valence electrons. The fourth-order valence-electron chi connectivity index (χ4n) is 4.48. The van der Waals surface area contributed by atoms with E-state index in [1.54, 1.807) is 0 Å². The lowest BCUT2D eigenvalue weighted by molar-refractivity contribution is -0.126. The van der Waals surface area contributed by atoms with Gasteiger partial charge >= 0.3 is 0 Å². The van der Waals surface area contributed by atoms with Gasteiger partial charge in [-0.1, -0.05) is 20.3 Å². The molecule has 4 nitrogen and oxygen atoms in total. The molecule has 1 saturated carbocycles. The molecular weight excluding hydrogens is 262 g/mol. The quantitative estimate of drug-likeness (QED) is 0.756. The van der Waals surface area contributed by atoms with Gasteiger partial charge in [-0.3, -0.25) is 4.79 Å². The second-order valence-corrected chi connectivity index (χ2v) is 7.33. The monoisotopic (exact) mass is 295 g/mol. The molecule has 1 amide bonds. The third-order valence-corrected chi connectivity index (χ3v) is 5.63. The van der Waals surface area contributed by atoms with Gasteiger partial charge in [0.1, 0.15) is 5.54 Å². The zero-order valence-electron chi connectivity index (χ0n) is 14.0. The maximum absolute atomic E-state index is 12.1. The Labute approximate surface area is 129 Å². The number of amides is 1. The second kappa shape index (κ2) is 7.10. The van der Waals surface area contributed by atoms with Gasteiger partial charge in [0, 0.05) is 12.6 Å². The van der Waals surface area contributed by atoms with Gasteiger partial charge in [-0.05, 0) is 64.0 Å². The van der Waals surface area contributed by atoms with Gasteiger partial charge in [-0.25, -0.2) is 0 Å². The van der Waals surface area contributed by atoms with Crippen LogP contribution in [-0.4, -0.2) is 42.0 Å². The van der Waals surface area contributed by atoms with Crippen molar-refractivity contribution < 1.29 is 4.79 Å². The summed E-state index contributed by atoms with van der Waals surface area (Å²) >= 11 is 0. The molecule has 4 heteroatoms. The smallest absolute Gasteiger partial charge is 0.238 e. The summed E-state index contributed by atoms with van der Waals surface area (Å²) in [7, 11) is 0. The lowest BCUT2D eigenvalue weighted by Gasteiger charge is -2.35. The van der Waals surface area contributed by atoms with Crippen LogP contribution in [0.25, 0.3) is 0 Å². The second-order valence-electron chi connectivity index (χ2n) is 7.33. The van der Waals surface area contributed by atoms with Gasteiger partial charge in [-0.15, -0.1) is 0 Å². The number of carbonyl (C=O) groups is 1. The first-order chi connectivity index (χ1) is 9.99. The number of hydrogen-bond acceptors (Lipinski definition) is 3. The largest absolute Gasteiger partial charge is 0.368 e. The van der Waals surface area contributed by atoms with Crippen LogP contribution in [0.3, 0.4) is 0 Å². The van der Waals surface area contributed by atoms with E-state index in [1.807, 2.05) is 0 Å². The average Bonchev–Trinajstić information content (AvgIpc) is 2.98. The molecule has 4 atom stereocenters. The van der Waals surface area contributed by atoms with E-state index < -0.39 is 5.54 Å². The van der Waals surface area contributed by atoms with Gasteiger partial charge < -0.3 is 16.0 Å². The minimum Gasteiger partial charge on any atom is -0.368 e. The number of carbonyl (C=O) groups excluding carboxylic acids is 1. The van der Waals surface area contributed by atoms with E-state index in [9.17, 15) is 4.79 Å². The van der Waals surface area contributed by atoms with Gasteiger partial charge in [0.05, 0.1) is 0 Å². The Morgan fingerprint density at radius 1 is 1.43 bits per heavy atom. The molecule has 2 aliphatic rings. The molecule has 0 aromatic heterocycles. The number of hydrogen-bond donors (Lipinski definition) is 2. The minimum absolute atomic E-state index is 0.138. The number of nitrogens with zero attached hydrogens (tertiary/aromatic N) is 1. The van der Waals surface area contributed by atoms with Crippen LogP contribution in [0.2, 0.25) is 0 Å². The maximum atomic E-state index is 12.1. The molecule has 0 spiro atoms. The van der Waals surface area contributed by atoms with Crippen molar-refractivity contribution in [1.29, 1.82) is 0 Å². The van der Waals surface area contributed by atoms with Gasteiger partial charge in [0.25, 0.3) is 0 Å². The Balaban J connectivity index is 1.95. The molecule has 1 aliphatic carbocycles. The Morgan fingerprint density at radius 2 is 2.19 bits per heavy atom. The molecule has 2 fully saturated rings. The van der Waals surface area contributed by atoms with E-state index in [0.29, 0.717) is 12.0 Å². The predicted molar refractivity (Wildman–Crippen MR) is 87.0 cm³/mol. The number of rotatable bonds is 7. The highest BCUT2D eigenvalue weighted by molar-refractivity contribution is 5.85. The van der Waals surface area contributed by atoms with Crippen LogP contribution in [-0.2, 0) is 4.79 Å². The molecule has 0 aromatic carbocycles. The number of nitrogens with two attached hydrogens (primary N) is 1. The van der Waals surface area contributed by atoms with Crippen LogP contribution >= 0.6 is 0 Å².